The van der Waals surface area contributed by atoms with Gasteiger partial charge in [0.2, 0.25) is 0 Å². The van der Waals surface area contributed by atoms with Gasteiger partial charge in [-0.15, -0.1) is 0 Å². The van der Waals surface area contributed by atoms with E-state index in [1.165, 1.54) is 5.56 Å². The molecule has 3 heteroatoms. The highest BCUT2D eigenvalue weighted by Gasteiger charge is 2.32. The molecule has 0 fully saturated rings. The van der Waals surface area contributed by atoms with Crippen molar-refractivity contribution in [2.75, 3.05) is 32.8 Å². The molecule has 0 saturated carbocycles. The zero-order chi connectivity index (χ0) is 15.6. The molecule has 2 N–H and O–H groups in total. The van der Waals surface area contributed by atoms with Crippen molar-refractivity contribution >= 4 is 0 Å². The molecule has 3 nitrogen and oxygen atoms in total. The van der Waals surface area contributed by atoms with E-state index in [1.54, 1.807) is 0 Å². The first-order valence-corrected chi connectivity index (χ1v) is 8.36. The number of aliphatic hydroxyl groups excluding tert-OH is 1. The fourth-order valence-corrected chi connectivity index (χ4v) is 2.85. The Morgan fingerprint density at radius 2 is 1.62 bits per heavy atom. The first-order valence-electron chi connectivity index (χ1n) is 8.36. The second-order valence-corrected chi connectivity index (χ2v) is 5.81. The lowest BCUT2D eigenvalue weighted by atomic mass is 9.89. The lowest BCUT2D eigenvalue weighted by Crippen LogP contribution is -2.54. The van der Waals surface area contributed by atoms with E-state index in [2.05, 4.69) is 55.3 Å². The zero-order valence-electron chi connectivity index (χ0n) is 13.9. The average molecular weight is 292 g/mol. The second-order valence-electron chi connectivity index (χ2n) is 5.81. The molecule has 0 radical (unpaired) electrons. The highest BCUT2D eigenvalue weighted by atomic mass is 16.3. The molecule has 120 valence electrons. The Labute approximate surface area is 130 Å². The van der Waals surface area contributed by atoms with Gasteiger partial charge < -0.3 is 15.3 Å². The van der Waals surface area contributed by atoms with Crippen molar-refractivity contribution in [2.45, 2.75) is 45.6 Å². The Hall–Kier alpha value is -0.900. The number of hydrogen-bond acceptors (Lipinski definition) is 3. The SMILES string of the molecule is CCCNC(CO)(CN(CCC)CCC)c1ccccc1. The van der Waals surface area contributed by atoms with Gasteiger partial charge in [0.15, 0.2) is 0 Å². The third kappa shape index (κ3) is 5.42. The maximum Gasteiger partial charge on any atom is 0.0797 e. The van der Waals surface area contributed by atoms with Crippen molar-refractivity contribution in [1.29, 1.82) is 0 Å². The summed E-state index contributed by atoms with van der Waals surface area (Å²) >= 11 is 0. The first kappa shape index (κ1) is 18.1. The van der Waals surface area contributed by atoms with Gasteiger partial charge in [0.05, 0.1) is 12.1 Å². The standard InChI is InChI=1S/C18H32N2O/c1-4-12-19-18(16-21,17-10-8-7-9-11-17)15-20(13-5-2)14-6-3/h7-11,19,21H,4-6,12-16H2,1-3H3. The molecule has 1 atom stereocenters. The summed E-state index contributed by atoms with van der Waals surface area (Å²) in [6, 6.07) is 10.4. The van der Waals surface area contributed by atoms with Gasteiger partial charge in [-0.3, -0.25) is 0 Å². The summed E-state index contributed by atoms with van der Waals surface area (Å²) in [5, 5.41) is 13.8. The van der Waals surface area contributed by atoms with Crippen LogP contribution < -0.4 is 5.32 Å². The minimum Gasteiger partial charge on any atom is -0.394 e. The Balaban J connectivity index is 2.98. The van der Waals surface area contributed by atoms with Crippen LogP contribution in [0.4, 0.5) is 0 Å². The normalized spacial score (nSPS) is 14.3. The Bertz CT molecular complexity index is 363. The van der Waals surface area contributed by atoms with Crippen LogP contribution in [0.15, 0.2) is 30.3 Å². The third-order valence-electron chi connectivity index (χ3n) is 3.88. The largest absolute Gasteiger partial charge is 0.394 e. The van der Waals surface area contributed by atoms with Gasteiger partial charge in [-0.05, 0) is 44.5 Å². The summed E-state index contributed by atoms with van der Waals surface area (Å²) in [7, 11) is 0. The Morgan fingerprint density at radius 3 is 2.10 bits per heavy atom. The van der Waals surface area contributed by atoms with E-state index in [-0.39, 0.29) is 12.1 Å². The van der Waals surface area contributed by atoms with Crippen LogP contribution in [-0.2, 0) is 5.54 Å². The number of benzene rings is 1. The molecule has 1 rings (SSSR count). The van der Waals surface area contributed by atoms with Gasteiger partial charge in [-0.1, -0.05) is 51.1 Å². The van der Waals surface area contributed by atoms with Crippen molar-refractivity contribution in [3.05, 3.63) is 35.9 Å². The van der Waals surface area contributed by atoms with Crippen molar-refractivity contribution in [3.63, 3.8) is 0 Å². The van der Waals surface area contributed by atoms with Crippen LogP contribution in [0.25, 0.3) is 0 Å². The smallest absolute Gasteiger partial charge is 0.0797 e. The molecule has 0 aliphatic heterocycles. The fraction of sp³-hybridized carbons (Fsp3) is 0.667. The van der Waals surface area contributed by atoms with E-state index >= 15 is 0 Å². The van der Waals surface area contributed by atoms with Crippen LogP contribution in [0, 0.1) is 0 Å². The number of hydrogen-bond donors (Lipinski definition) is 2. The molecule has 0 spiro atoms. The van der Waals surface area contributed by atoms with Crippen LogP contribution in [0.3, 0.4) is 0 Å². The van der Waals surface area contributed by atoms with Crippen LogP contribution in [0.2, 0.25) is 0 Å². The summed E-state index contributed by atoms with van der Waals surface area (Å²) in [5.41, 5.74) is 0.819. The van der Waals surface area contributed by atoms with Gasteiger partial charge >= 0.3 is 0 Å². The lowest BCUT2D eigenvalue weighted by Gasteiger charge is -2.38. The molecule has 0 bridgehead atoms. The Kier molecular flexibility index (Phi) is 8.58. The van der Waals surface area contributed by atoms with E-state index in [4.69, 9.17) is 0 Å². The Morgan fingerprint density at radius 1 is 1.00 bits per heavy atom. The maximum atomic E-state index is 10.2. The summed E-state index contributed by atoms with van der Waals surface area (Å²) < 4.78 is 0. The van der Waals surface area contributed by atoms with E-state index in [1.807, 2.05) is 6.07 Å². The predicted molar refractivity (Wildman–Crippen MR) is 90.5 cm³/mol. The van der Waals surface area contributed by atoms with Gasteiger partial charge in [0.25, 0.3) is 0 Å². The monoisotopic (exact) mass is 292 g/mol. The molecule has 0 saturated heterocycles. The third-order valence-corrected chi connectivity index (χ3v) is 3.88. The minimum atomic E-state index is -0.360. The number of nitrogens with zero attached hydrogens (tertiary/aromatic N) is 1. The number of rotatable bonds is 11. The van der Waals surface area contributed by atoms with Crippen LogP contribution in [0.1, 0.15) is 45.6 Å². The van der Waals surface area contributed by atoms with Crippen LogP contribution in [-0.4, -0.2) is 42.8 Å². The molecule has 1 aromatic rings. The first-order chi connectivity index (χ1) is 10.2. The number of aliphatic hydroxyl groups is 1. The summed E-state index contributed by atoms with van der Waals surface area (Å²) in [6.07, 6.45) is 3.35. The fourth-order valence-electron chi connectivity index (χ4n) is 2.85. The van der Waals surface area contributed by atoms with Crippen molar-refractivity contribution in [1.82, 2.24) is 10.2 Å². The van der Waals surface area contributed by atoms with E-state index in [0.29, 0.717) is 0 Å². The minimum absolute atomic E-state index is 0.126. The molecular weight excluding hydrogens is 260 g/mol. The quantitative estimate of drug-likeness (QED) is 0.658. The van der Waals surface area contributed by atoms with Crippen molar-refractivity contribution in [2.24, 2.45) is 0 Å². The van der Waals surface area contributed by atoms with Crippen LogP contribution >= 0.6 is 0 Å². The van der Waals surface area contributed by atoms with Gasteiger partial charge in [0.1, 0.15) is 0 Å². The molecule has 0 aliphatic carbocycles. The molecule has 0 aromatic heterocycles. The van der Waals surface area contributed by atoms with Crippen molar-refractivity contribution in [3.8, 4) is 0 Å². The molecule has 0 amide bonds. The molecular formula is C18H32N2O. The van der Waals surface area contributed by atoms with Gasteiger partial charge in [-0.25, -0.2) is 0 Å². The number of nitrogens with one attached hydrogen (secondary N) is 1. The maximum absolute atomic E-state index is 10.2. The van der Waals surface area contributed by atoms with Crippen molar-refractivity contribution < 1.29 is 5.11 Å². The highest BCUT2D eigenvalue weighted by molar-refractivity contribution is 5.25. The molecule has 0 aliphatic rings. The summed E-state index contributed by atoms with van der Waals surface area (Å²) in [5.74, 6) is 0. The average Bonchev–Trinajstić information content (AvgIpc) is 2.53. The topological polar surface area (TPSA) is 35.5 Å². The van der Waals surface area contributed by atoms with Gasteiger partial charge in [-0.2, -0.15) is 0 Å². The van der Waals surface area contributed by atoms with E-state index < -0.39 is 0 Å². The summed E-state index contributed by atoms with van der Waals surface area (Å²) in [6.45, 7) is 10.6. The van der Waals surface area contributed by atoms with E-state index in [0.717, 1.165) is 45.4 Å². The lowest BCUT2D eigenvalue weighted by molar-refractivity contribution is 0.106. The molecule has 0 heterocycles. The molecule has 1 unspecified atom stereocenters. The predicted octanol–water partition coefficient (Wildman–Crippen LogP) is 3.00. The zero-order valence-corrected chi connectivity index (χ0v) is 13.9. The van der Waals surface area contributed by atoms with E-state index in [9.17, 15) is 5.11 Å². The van der Waals surface area contributed by atoms with Gasteiger partial charge in [0, 0.05) is 6.54 Å². The molecule has 1 aromatic carbocycles. The van der Waals surface area contributed by atoms with Crippen LogP contribution in [0.5, 0.6) is 0 Å². The summed E-state index contributed by atoms with van der Waals surface area (Å²) in [4.78, 5) is 2.46. The second kappa shape index (κ2) is 9.93. The highest BCUT2D eigenvalue weighted by Crippen LogP contribution is 2.23. The molecule has 21 heavy (non-hydrogen) atoms.